The zero-order chi connectivity index (χ0) is 25.0. The van der Waals surface area contributed by atoms with Gasteiger partial charge in [-0.05, 0) is 78.6 Å². The Labute approximate surface area is 210 Å². The van der Waals surface area contributed by atoms with Crippen LogP contribution >= 0.6 is 0 Å². The molecule has 190 valence electrons. The first-order valence-corrected chi connectivity index (χ1v) is 13.1. The van der Waals surface area contributed by atoms with Gasteiger partial charge >= 0.3 is 5.97 Å². The Morgan fingerprint density at radius 3 is 2.49 bits per heavy atom. The average molecular weight is 480 g/mol. The summed E-state index contributed by atoms with van der Waals surface area (Å²) >= 11 is 0. The first-order chi connectivity index (χ1) is 17.0. The normalized spacial score (nSPS) is 15.9. The summed E-state index contributed by atoms with van der Waals surface area (Å²) in [5, 5.41) is 9.80. The number of ether oxygens (including phenoxy) is 2. The molecule has 0 aliphatic carbocycles. The van der Waals surface area contributed by atoms with Crippen LogP contribution in [0.5, 0.6) is 5.75 Å². The van der Waals surface area contributed by atoms with Gasteiger partial charge in [0, 0.05) is 31.0 Å². The lowest BCUT2D eigenvalue weighted by atomic mass is 9.96. The monoisotopic (exact) mass is 479 g/mol. The zero-order valence-corrected chi connectivity index (χ0v) is 21.6. The molecule has 0 aromatic heterocycles. The highest BCUT2D eigenvalue weighted by Gasteiger charge is 2.17. The van der Waals surface area contributed by atoms with E-state index in [1.165, 1.54) is 0 Å². The van der Waals surface area contributed by atoms with Crippen LogP contribution < -0.4 is 9.64 Å². The van der Waals surface area contributed by atoms with Crippen LogP contribution in [0.25, 0.3) is 17.2 Å². The molecule has 0 unspecified atom stereocenters. The molecule has 5 nitrogen and oxygen atoms in total. The third-order valence-electron chi connectivity index (χ3n) is 6.26. The van der Waals surface area contributed by atoms with E-state index in [1.807, 2.05) is 18.2 Å². The minimum atomic E-state index is -0.822. The molecular formula is C30H41NO4. The number of carbonyl (C=O) groups is 1. The second kappa shape index (κ2) is 13.9. The third kappa shape index (κ3) is 8.43. The topological polar surface area (TPSA) is 59.0 Å². The van der Waals surface area contributed by atoms with E-state index in [0.717, 1.165) is 79.9 Å². The highest BCUT2D eigenvalue weighted by atomic mass is 16.5. The maximum atomic E-state index is 11.9. The molecule has 2 aromatic rings. The van der Waals surface area contributed by atoms with Crippen molar-refractivity contribution in [3.8, 4) is 16.9 Å². The maximum Gasteiger partial charge on any atom is 0.331 e. The Bertz CT molecular complexity index is 965. The minimum absolute atomic E-state index is 0.486. The van der Waals surface area contributed by atoms with Gasteiger partial charge in [0.1, 0.15) is 12.4 Å². The van der Waals surface area contributed by atoms with E-state index in [4.69, 9.17) is 9.47 Å². The fourth-order valence-corrected chi connectivity index (χ4v) is 4.42. The van der Waals surface area contributed by atoms with Crippen molar-refractivity contribution in [2.75, 3.05) is 37.8 Å². The molecule has 1 N–H and O–H groups in total. The highest BCUT2D eigenvalue weighted by Crippen LogP contribution is 2.32. The second-order valence-corrected chi connectivity index (χ2v) is 9.74. The van der Waals surface area contributed by atoms with Gasteiger partial charge in [0.05, 0.1) is 6.61 Å². The summed E-state index contributed by atoms with van der Waals surface area (Å²) in [5.74, 6) is 0.526. The predicted octanol–water partition coefficient (Wildman–Crippen LogP) is 7.05. The number of benzene rings is 2. The number of hydrogen-bond acceptors (Lipinski definition) is 4. The first kappa shape index (κ1) is 26.8. The highest BCUT2D eigenvalue weighted by molar-refractivity contribution is 5.94. The number of anilines is 1. The fraction of sp³-hybridized carbons (Fsp3) is 0.500. The number of unbranched alkanes of at least 4 members (excludes halogenated alkanes) is 1. The molecule has 5 heteroatoms. The van der Waals surface area contributed by atoms with E-state index in [9.17, 15) is 9.90 Å². The first-order valence-electron chi connectivity index (χ1n) is 13.1. The molecule has 0 radical (unpaired) electrons. The largest absolute Gasteiger partial charge is 0.491 e. The molecule has 0 saturated heterocycles. The number of hydrogen-bond donors (Lipinski definition) is 1. The molecule has 0 amide bonds. The summed E-state index contributed by atoms with van der Waals surface area (Å²) in [7, 11) is 0. The molecule has 1 heterocycles. The van der Waals surface area contributed by atoms with Crippen LogP contribution in [0.3, 0.4) is 0 Å². The van der Waals surface area contributed by atoms with Crippen LogP contribution in [0.15, 0.2) is 48.0 Å². The van der Waals surface area contributed by atoms with Crippen molar-refractivity contribution >= 4 is 17.7 Å². The number of carboxylic acid groups (broad SMARTS) is 1. The van der Waals surface area contributed by atoms with Gasteiger partial charge in [-0.3, -0.25) is 0 Å². The van der Waals surface area contributed by atoms with Crippen molar-refractivity contribution < 1.29 is 19.4 Å². The molecule has 3 rings (SSSR count). The molecular weight excluding hydrogens is 438 g/mol. The summed E-state index contributed by atoms with van der Waals surface area (Å²) in [4.78, 5) is 14.4. The predicted molar refractivity (Wildman–Crippen MR) is 144 cm³/mol. The lowest BCUT2D eigenvalue weighted by molar-refractivity contribution is -0.132. The van der Waals surface area contributed by atoms with Crippen molar-refractivity contribution in [2.24, 2.45) is 5.92 Å². The molecule has 35 heavy (non-hydrogen) atoms. The van der Waals surface area contributed by atoms with Gasteiger partial charge in [-0.15, -0.1) is 0 Å². The van der Waals surface area contributed by atoms with Gasteiger partial charge in [-0.1, -0.05) is 51.8 Å². The number of nitrogens with zero attached hydrogens (tertiary/aromatic N) is 1. The second-order valence-electron chi connectivity index (χ2n) is 9.74. The van der Waals surface area contributed by atoms with E-state index >= 15 is 0 Å². The van der Waals surface area contributed by atoms with E-state index < -0.39 is 5.97 Å². The molecule has 0 fully saturated rings. The van der Waals surface area contributed by atoms with Crippen LogP contribution in [0, 0.1) is 5.92 Å². The maximum absolute atomic E-state index is 11.9. The zero-order valence-electron chi connectivity index (χ0n) is 21.6. The Balaban J connectivity index is 1.83. The number of fused-ring (bicyclic) bond motifs is 1. The van der Waals surface area contributed by atoms with E-state index in [2.05, 4.69) is 56.0 Å². The van der Waals surface area contributed by atoms with Crippen molar-refractivity contribution in [3.63, 3.8) is 0 Å². The minimum Gasteiger partial charge on any atom is -0.491 e. The third-order valence-corrected chi connectivity index (χ3v) is 6.26. The summed E-state index contributed by atoms with van der Waals surface area (Å²) in [5.41, 5.74) is 4.73. The Kier molecular flexibility index (Phi) is 10.7. The summed E-state index contributed by atoms with van der Waals surface area (Å²) < 4.78 is 11.4. The van der Waals surface area contributed by atoms with E-state index in [0.29, 0.717) is 31.1 Å². The molecule has 0 saturated carbocycles. The number of carboxylic acids is 1. The number of aliphatic carboxylic acids is 1. The van der Waals surface area contributed by atoms with E-state index in [1.54, 1.807) is 0 Å². The fourth-order valence-electron chi connectivity index (χ4n) is 4.42. The molecule has 1 aliphatic rings. The van der Waals surface area contributed by atoms with Crippen molar-refractivity contribution in [2.45, 2.75) is 59.3 Å². The van der Waals surface area contributed by atoms with Crippen molar-refractivity contribution in [1.82, 2.24) is 0 Å². The molecule has 1 aliphatic heterocycles. The Morgan fingerprint density at radius 2 is 1.77 bits per heavy atom. The SMILES string of the molecule is CCCCOCCOc1ccc(-c2ccc3c(c2)/C=C(/C(=O)O)CCCCCN3CC(C)C)cc1. The van der Waals surface area contributed by atoms with Gasteiger partial charge < -0.3 is 19.5 Å². The van der Waals surface area contributed by atoms with Gasteiger partial charge in [-0.2, -0.15) is 0 Å². The Hall–Kier alpha value is -2.79. The quantitative estimate of drug-likeness (QED) is 0.350. The Morgan fingerprint density at radius 1 is 1.00 bits per heavy atom. The molecule has 0 atom stereocenters. The molecule has 0 bridgehead atoms. The van der Waals surface area contributed by atoms with Gasteiger partial charge in [-0.25, -0.2) is 4.79 Å². The van der Waals surface area contributed by atoms with Crippen molar-refractivity contribution in [1.29, 1.82) is 0 Å². The van der Waals surface area contributed by atoms with Crippen LogP contribution in [-0.2, 0) is 9.53 Å². The van der Waals surface area contributed by atoms with E-state index in [-0.39, 0.29) is 0 Å². The summed E-state index contributed by atoms with van der Waals surface area (Å²) in [6.45, 7) is 10.5. The lowest BCUT2D eigenvalue weighted by Gasteiger charge is -2.29. The van der Waals surface area contributed by atoms with Crippen LogP contribution in [0.2, 0.25) is 0 Å². The van der Waals surface area contributed by atoms with Gasteiger partial charge in [0.15, 0.2) is 0 Å². The average Bonchev–Trinajstić information content (AvgIpc) is 2.84. The van der Waals surface area contributed by atoms with Crippen LogP contribution in [0.1, 0.15) is 64.9 Å². The van der Waals surface area contributed by atoms with Crippen molar-refractivity contribution in [3.05, 3.63) is 53.6 Å². The molecule has 2 aromatic carbocycles. The van der Waals surface area contributed by atoms with Crippen LogP contribution in [0.4, 0.5) is 5.69 Å². The smallest absolute Gasteiger partial charge is 0.331 e. The van der Waals surface area contributed by atoms with Crippen LogP contribution in [-0.4, -0.2) is 44.0 Å². The summed E-state index contributed by atoms with van der Waals surface area (Å²) in [6.07, 6.45) is 7.74. The standard InChI is InChI=1S/C30H41NO4/c1-4-5-17-34-18-19-35-28-13-10-24(11-14-28)25-12-15-29-27(20-25)21-26(30(32)33)9-7-6-8-16-31(29)22-23(2)3/h10-15,20-21,23H,4-9,16-19,22H2,1-3H3,(H,32,33)/b26-21+. The molecule has 0 spiro atoms. The summed E-state index contributed by atoms with van der Waals surface area (Å²) in [6, 6.07) is 14.5. The van der Waals surface area contributed by atoms with Gasteiger partial charge in [0.25, 0.3) is 0 Å². The number of rotatable bonds is 11. The lowest BCUT2D eigenvalue weighted by Crippen LogP contribution is -2.29. The van der Waals surface area contributed by atoms with Gasteiger partial charge in [0.2, 0.25) is 0 Å².